The normalized spacial score (nSPS) is 23.2. The molecule has 0 aromatic heterocycles. The van der Waals surface area contributed by atoms with Gasteiger partial charge in [-0.05, 0) is 61.4 Å². The van der Waals surface area contributed by atoms with Gasteiger partial charge in [0.2, 0.25) is 5.91 Å². The Morgan fingerprint density at radius 2 is 1.65 bits per heavy atom. The van der Waals surface area contributed by atoms with Crippen LogP contribution < -0.4 is 20.4 Å². The Morgan fingerprint density at radius 1 is 1.00 bits per heavy atom. The number of hydrogen-bond donors (Lipinski definition) is 3. The maximum Gasteiger partial charge on any atom is 0.416 e. The van der Waals surface area contributed by atoms with Gasteiger partial charge in [0.1, 0.15) is 18.3 Å². The molecule has 3 N–H and O–H groups in total. The average Bonchev–Trinajstić information content (AvgIpc) is 3.13. The summed E-state index contributed by atoms with van der Waals surface area (Å²) in [4.78, 5) is 28.6. The molecule has 2 aliphatic heterocycles. The molecule has 2 fully saturated rings. The first-order chi connectivity index (χ1) is 16.1. The first kappa shape index (κ1) is 23.8. The first-order valence-corrected chi connectivity index (χ1v) is 10.8. The van der Waals surface area contributed by atoms with Crippen LogP contribution >= 0.6 is 0 Å². The van der Waals surface area contributed by atoms with E-state index >= 15 is 0 Å². The molecule has 2 aliphatic rings. The maximum absolute atomic E-state index is 13.6. The molecule has 2 aromatic carbocycles. The topological polar surface area (TPSA) is 84.9 Å². The van der Waals surface area contributed by atoms with Crippen molar-refractivity contribution in [3.05, 3.63) is 54.1 Å². The maximum atomic E-state index is 13.6. The van der Waals surface area contributed by atoms with Crippen LogP contribution in [0.25, 0.3) is 0 Å². The number of urea groups is 1. The smallest absolute Gasteiger partial charge is 0.388 e. The zero-order valence-corrected chi connectivity index (χ0v) is 18.1. The minimum Gasteiger partial charge on any atom is -0.388 e. The average molecular weight is 480 g/mol. The molecule has 0 aliphatic carbocycles. The first-order valence-electron chi connectivity index (χ1n) is 10.8. The van der Waals surface area contributed by atoms with E-state index in [9.17, 15) is 32.3 Å². The monoisotopic (exact) mass is 480 g/mol. The van der Waals surface area contributed by atoms with Crippen molar-refractivity contribution in [1.29, 1.82) is 0 Å². The van der Waals surface area contributed by atoms with E-state index in [-0.39, 0.29) is 24.7 Å². The van der Waals surface area contributed by atoms with Gasteiger partial charge in [0.15, 0.2) is 0 Å². The van der Waals surface area contributed by atoms with Gasteiger partial charge in [0.05, 0.1) is 12.1 Å². The predicted octanol–water partition coefficient (Wildman–Crippen LogP) is 3.54. The summed E-state index contributed by atoms with van der Waals surface area (Å²) in [5.41, 5.74) is 0.703. The summed E-state index contributed by atoms with van der Waals surface area (Å²) >= 11 is 0. The van der Waals surface area contributed by atoms with E-state index in [1.54, 1.807) is 34.1 Å². The van der Waals surface area contributed by atoms with E-state index in [4.69, 9.17) is 0 Å². The van der Waals surface area contributed by atoms with Gasteiger partial charge < -0.3 is 25.5 Å². The number of amides is 3. The van der Waals surface area contributed by atoms with Crippen LogP contribution in [0, 0.1) is 0 Å². The molecule has 0 spiro atoms. The molecule has 0 bridgehead atoms. The number of aliphatic hydroxyl groups is 1. The summed E-state index contributed by atoms with van der Waals surface area (Å²) in [5.74, 6) is -0.304. The largest absolute Gasteiger partial charge is 0.416 e. The number of nitrogens with one attached hydrogen (secondary N) is 2. The van der Waals surface area contributed by atoms with Gasteiger partial charge in [-0.3, -0.25) is 4.79 Å². The third-order valence-electron chi connectivity index (χ3n) is 5.96. The van der Waals surface area contributed by atoms with Crippen LogP contribution in [-0.2, 0) is 11.0 Å². The van der Waals surface area contributed by atoms with E-state index in [1.807, 2.05) is 0 Å². The molecule has 3 atom stereocenters. The number of alkyl halides is 4. The molecular formula is C23H24F4N4O3. The number of carbonyl (C=O) groups excluding carboxylic acids is 2. The number of nitrogens with zero attached hydrogens (tertiary/aromatic N) is 2. The number of halogens is 4. The molecule has 34 heavy (non-hydrogen) atoms. The zero-order chi connectivity index (χ0) is 24.5. The van der Waals surface area contributed by atoms with E-state index in [0.717, 1.165) is 30.0 Å². The van der Waals surface area contributed by atoms with Gasteiger partial charge in [-0.25, -0.2) is 9.18 Å². The van der Waals surface area contributed by atoms with Crippen molar-refractivity contribution in [2.45, 2.75) is 37.3 Å². The number of carbonyl (C=O) groups is 2. The van der Waals surface area contributed by atoms with Gasteiger partial charge in [-0.1, -0.05) is 0 Å². The molecule has 4 rings (SSSR count). The van der Waals surface area contributed by atoms with E-state index in [1.165, 1.54) is 0 Å². The van der Waals surface area contributed by atoms with E-state index in [0.29, 0.717) is 25.1 Å². The van der Waals surface area contributed by atoms with Crippen LogP contribution in [0.15, 0.2) is 48.5 Å². The summed E-state index contributed by atoms with van der Waals surface area (Å²) in [7, 11) is 0. The lowest BCUT2D eigenvalue weighted by Gasteiger charge is -2.33. The second kappa shape index (κ2) is 9.49. The number of rotatable bonds is 4. The van der Waals surface area contributed by atoms with Crippen LogP contribution in [-0.4, -0.2) is 55.0 Å². The van der Waals surface area contributed by atoms with E-state index in [2.05, 4.69) is 10.6 Å². The molecule has 2 aromatic rings. The van der Waals surface area contributed by atoms with Crippen LogP contribution in [0.4, 0.5) is 39.4 Å². The molecule has 0 saturated carbocycles. The van der Waals surface area contributed by atoms with Crippen molar-refractivity contribution >= 4 is 29.0 Å². The Bertz CT molecular complexity index is 1020. The van der Waals surface area contributed by atoms with Gasteiger partial charge in [0, 0.05) is 30.2 Å². The Balaban J connectivity index is 1.36. The Morgan fingerprint density at radius 3 is 2.24 bits per heavy atom. The van der Waals surface area contributed by atoms with Gasteiger partial charge >= 0.3 is 12.2 Å². The fourth-order valence-corrected chi connectivity index (χ4v) is 4.13. The minimum atomic E-state index is -4.47. The molecule has 11 heteroatoms. The van der Waals surface area contributed by atoms with Gasteiger partial charge in [0.25, 0.3) is 0 Å². The molecule has 0 radical (unpaired) electrons. The second-order valence-electron chi connectivity index (χ2n) is 8.36. The van der Waals surface area contributed by atoms with Crippen molar-refractivity contribution in [1.82, 2.24) is 5.32 Å². The molecule has 182 valence electrons. The Kier molecular flexibility index (Phi) is 6.65. The lowest BCUT2D eigenvalue weighted by Crippen LogP contribution is -2.53. The highest BCUT2D eigenvalue weighted by atomic mass is 19.4. The molecule has 3 amide bonds. The number of β-amino-alcohol motifs (C(OH)–C–C–N with tert-alkyl or cyclic N) is 1. The highest BCUT2D eigenvalue weighted by Gasteiger charge is 2.33. The highest BCUT2D eigenvalue weighted by molar-refractivity contribution is 6.01. The molecule has 2 saturated heterocycles. The quantitative estimate of drug-likeness (QED) is 0.585. The van der Waals surface area contributed by atoms with Crippen LogP contribution in [0.3, 0.4) is 0 Å². The number of benzene rings is 2. The summed E-state index contributed by atoms with van der Waals surface area (Å²) < 4.78 is 51.6. The Hall–Kier alpha value is -3.34. The lowest BCUT2D eigenvalue weighted by molar-refractivity contribution is -0.137. The third-order valence-corrected chi connectivity index (χ3v) is 5.96. The SMILES string of the molecule is O=C(Nc1ccc(C(F)(F)F)cc1)N[C@@H]1CCCN(c2ccc(N3CC(O)C(F)C3)cc2)C1=O. The molecule has 2 heterocycles. The van der Waals surface area contributed by atoms with E-state index < -0.39 is 36.1 Å². The highest BCUT2D eigenvalue weighted by Crippen LogP contribution is 2.30. The van der Waals surface area contributed by atoms with Crippen molar-refractivity contribution in [3.8, 4) is 0 Å². The zero-order valence-electron chi connectivity index (χ0n) is 18.1. The molecule has 7 nitrogen and oxygen atoms in total. The summed E-state index contributed by atoms with van der Waals surface area (Å²) in [5, 5.41) is 14.6. The summed E-state index contributed by atoms with van der Waals surface area (Å²) in [6, 6.07) is 9.50. The second-order valence-corrected chi connectivity index (χ2v) is 8.36. The lowest BCUT2D eigenvalue weighted by atomic mass is 10.0. The van der Waals surface area contributed by atoms with Crippen LogP contribution in [0.1, 0.15) is 18.4 Å². The Labute approximate surface area is 193 Å². The third kappa shape index (κ3) is 5.24. The fourth-order valence-electron chi connectivity index (χ4n) is 4.13. The number of aliphatic hydroxyl groups excluding tert-OH is 1. The number of hydrogen-bond acceptors (Lipinski definition) is 4. The van der Waals surface area contributed by atoms with Gasteiger partial charge in [-0.2, -0.15) is 13.2 Å². The number of anilines is 3. The number of piperidine rings is 1. The van der Waals surface area contributed by atoms with Crippen molar-refractivity contribution < 1.29 is 32.3 Å². The van der Waals surface area contributed by atoms with Crippen molar-refractivity contribution in [2.24, 2.45) is 0 Å². The fraction of sp³-hybridized carbons (Fsp3) is 0.391. The molecule has 2 unspecified atom stereocenters. The standard InChI is InChI=1S/C23H24F4N4O3/c24-18-12-30(13-20(18)32)16-7-9-17(10-8-16)31-11-1-2-19(21(31)33)29-22(34)28-15-5-3-14(4-6-15)23(25,26)27/h3-10,18-20,32H,1-2,11-13H2,(H2,28,29,34)/t18?,19-,20?/m1/s1. The van der Waals surface area contributed by atoms with Crippen molar-refractivity contribution in [3.63, 3.8) is 0 Å². The summed E-state index contributed by atoms with van der Waals surface area (Å²) in [6.45, 7) is 0.762. The molecular weight excluding hydrogens is 456 g/mol. The van der Waals surface area contributed by atoms with Crippen LogP contribution in [0.5, 0.6) is 0 Å². The summed E-state index contributed by atoms with van der Waals surface area (Å²) in [6.07, 6.45) is -5.73. The predicted molar refractivity (Wildman–Crippen MR) is 119 cm³/mol. The minimum absolute atomic E-state index is 0.100. The van der Waals surface area contributed by atoms with Gasteiger partial charge in [-0.15, -0.1) is 0 Å². The van der Waals surface area contributed by atoms with Crippen LogP contribution in [0.2, 0.25) is 0 Å². The van der Waals surface area contributed by atoms with Crippen molar-refractivity contribution in [2.75, 3.05) is 34.8 Å².